The molecule has 1 aromatic carbocycles. The van der Waals surface area contributed by atoms with Crippen LogP contribution in [0.5, 0.6) is 0 Å². The summed E-state index contributed by atoms with van der Waals surface area (Å²) >= 11 is 0. The number of amides is 1. The molecule has 1 fully saturated rings. The van der Waals surface area contributed by atoms with E-state index >= 15 is 0 Å². The largest absolute Gasteiger partial charge is 0.481 e. The summed E-state index contributed by atoms with van der Waals surface area (Å²) in [6.45, 7) is 12.1. The highest BCUT2D eigenvalue weighted by atomic mass is 16.4. The van der Waals surface area contributed by atoms with E-state index in [2.05, 4.69) is 17.6 Å². The van der Waals surface area contributed by atoms with Gasteiger partial charge in [0.25, 0.3) is 5.91 Å². The molecule has 31 heavy (non-hydrogen) atoms. The molecule has 0 saturated carbocycles. The zero-order chi connectivity index (χ0) is 23.0. The maximum atomic E-state index is 12.9. The second-order valence-electron chi connectivity index (χ2n) is 7.13. The van der Waals surface area contributed by atoms with Gasteiger partial charge in [0, 0.05) is 23.7 Å². The number of nitrogens with zero attached hydrogens (tertiary/aromatic N) is 2. The Morgan fingerprint density at radius 3 is 2.52 bits per heavy atom. The first-order valence-corrected chi connectivity index (χ1v) is 10.5. The number of carboxylic acids is 1. The number of pyridine rings is 1. The van der Waals surface area contributed by atoms with Crippen LogP contribution in [0.25, 0.3) is 5.57 Å². The molecular formula is C26H30N2O3. The molecule has 1 aromatic heterocycles. The lowest BCUT2D eigenvalue weighted by Crippen LogP contribution is -2.24. The Kier molecular flexibility index (Phi) is 8.50. The Labute approximate surface area is 184 Å². The first-order valence-electron chi connectivity index (χ1n) is 10.5. The first-order chi connectivity index (χ1) is 14.9. The first kappa shape index (κ1) is 23.8. The van der Waals surface area contributed by atoms with Crippen LogP contribution in [-0.4, -0.2) is 28.5 Å². The van der Waals surface area contributed by atoms with Gasteiger partial charge < -0.3 is 10.0 Å². The molecular weight excluding hydrogens is 388 g/mol. The summed E-state index contributed by atoms with van der Waals surface area (Å²) in [6.07, 6.45) is 8.16. The summed E-state index contributed by atoms with van der Waals surface area (Å²) < 4.78 is 0. The fourth-order valence-electron chi connectivity index (χ4n) is 3.24. The molecule has 0 radical (unpaired) electrons. The van der Waals surface area contributed by atoms with Gasteiger partial charge >= 0.3 is 5.97 Å². The molecule has 1 aliphatic rings. The van der Waals surface area contributed by atoms with E-state index in [4.69, 9.17) is 5.11 Å². The minimum absolute atomic E-state index is 0.0820. The van der Waals surface area contributed by atoms with Crippen LogP contribution in [0.2, 0.25) is 0 Å². The molecule has 1 aliphatic heterocycles. The quantitative estimate of drug-likeness (QED) is 0.618. The monoisotopic (exact) mass is 418 g/mol. The van der Waals surface area contributed by atoms with E-state index in [9.17, 15) is 9.59 Å². The van der Waals surface area contributed by atoms with Crippen LogP contribution in [0.1, 0.15) is 51.2 Å². The van der Waals surface area contributed by atoms with Crippen LogP contribution < -0.4 is 4.90 Å². The predicted molar refractivity (Wildman–Crippen MR) is 126 cm³/mol. The molecule has 1 N–H and O–H groups in total. The van der Waals surface area contributed by atoms with Gasteiger partial charge in [-0.3, -0.25) is 14.6 Å². The van der Waals surface area contributed by atoms with Gasteiger partial charge in [-0.05, 0) is 60.7 Å². The molecule has 3 rings (SSSR count). The average Bonchev–Trinajstić information content (AvgIpc) is 3.08. The number of hydrogen-bond acceptors (Lipinski definition) is 3. The summed E-state index contributed by atoms with van der Waals surface area (Å²) in [5.74, 6) is -1.54. The van der Waals surface area contributed by atoms with Crippen molar-refractivity contribution >= 4 is 23.1 Å². The molecule has 2 aromatic rings. The second kappa shape index (κ2) is 11.1. The Morgan fingerprint density at radius 1 is 1.26 bits per heavy atom. The molecule has 1 amide bonds. The average molecular weight is 419 g/mol. The lowest BCUT2D eigenvalue weighted by molar-refractivity contribution is -0.138. The molecule has 5 heteroatoms. The molecule has 1 unspecified atom stereocenters. The van der Waals surface area contributed by atoms with E-state index in [1.165, 1.54) is 0 Å². The highest BCUT2D eigenvalue weighted by molar-refractivity contribution is 6.12. The van der Waals surface area contributed by atoms with Crippen molar-refractivity contribution < 1.29 is 14.7 Å². The standard InChI is InChI=1S/C24H24N2O3.C2H6/c1-16(20-7-5-13-25-14-20)6-4-8-22-17(2)15-26(23(22)27)21-11-9-19(10-12-21)18(3)24(28)29;1-2/h5-14,18H,2,4,15H2,1,3H3,(H,28,29);1-2H3/b16-6+,22-8?;. The lowest BCUT2D eigenvalue weighted by Gasteiger charge is -2.16. The number of aromatic nitrogens is 1. The molecule has 5 nitrogen and oxygen atoms in total. The maximum absolute atomic E-state index is 12.9. The van der Waals surface area contributed by atoms with E-state index in [1.807, 2.05) is 45.2 Å². The van der Waals surface area contributed by atoms with Crippen molar-refractivity contribution in [1.82, 2.24) is 4.98 Å². The van der Waals surface area contributed by atoms with Crippen molar-refractivity contribution in [2.75, 3.05) is 11.4 Å². The van der Waals surface area contributed by atoms with Gasteiger partial charge in [-0.25, -0.2) is 0 Å². The van der Waals surface area contributed by atoms with E-state index in [0.29, 0.717) is 24.1 Å². The van der Waals surface area contributed by atoms with Gasteiger partial charge in [-0.1, -0.05) is 50.8 Å². The van der Waals surface area contributed by atoms with Crippen molar-refractivity contribution in [3.8, 4) is 0 Å². The number of rotatable bonds is 6. The Hall–Kier alpha value is -3.47. The highest BCUT2D eigenvalue weighted by Gasteiger charge is 2.30. The predicted octanol–water partition coefficient (Wildman–Crippen LogP) is 5.62. The van der Waals surface area contributed by atoms with Crippen LogP contribution in [0, 0.1) is 0 Å². The number of hydrogen-bond donors (Lipinski definition) is 1. The fraction of sp³-hybridized carbons (Fsp3) is 0.269. The number of allylic oxidation sites excluding steroid dienone is 3. The van der Waals surface area contributed by atoms with Gasteiger partial charge in [0.2, 0.25) is 0 Å². The van der Waals surface area contributed by atoms with E-state index in [-0.39, 0.29) is 5.91 Å². The molecule has 0 bridgehead atoms. The van der Waals surface area contributed by atoms with Gasteiger partial charge in [-0.2, -0.15) is 0 Å². The highest BCUT2D eigenvalue weighted by Crippen LogP contribution is 2.29. The number of carboxylic acid groups (broad SMARTS) is 1. The number of anilines is 1. The number of carbonyl (C=O) groups is 2. The second-order valence-corrected chi connectivity index (χ2v) is 7.13. The maximum Gasteiger partial charge on any atom is 0.310 e. The Balaban J connectivity index is 0.00000166. The number of aliphatic carboxylic acids is 1. The van der Waals surface area contributed by atoms with Gasteiger partial charge in [0.15, 0.2) is 0 Å². The minimum atomic E-state index is -0.872. The summed E-state index contributed by atoms with van der Waals surface area (Å²) in [5.41, 5.74) is 5.01. The van der Waals surface area contributed by atoms with Crippen LogP contribution in [-0.2, 0) is 9.59 Å². The van der Waals surface area contributed by atoms with Crippen LogP contribution in [0.3, 0.4) is 0 Å². The van der Waals surface area contributed by atoms with Crippen molar-refractivity contribution in [3.05, 3.63) is 89.8 Å². The van der Waals surface area contributed by atoms with E-state index in [0.717, 1.165) is 22.4 Å². The van der Waals surface area contributed by atoms with Crippen molar-refractivity contribution in [2.45, 2.75) is 40.0 Å². The smallest absolute Gasteiger partial charge is 0.310 e. The lowest BCUT2D eigenvalue weighted by atomic mass is 10.0. The third-order valence-electron chi connectivity index (χ3n) is 5.14. The zero-order valence-corrected chi connectivity index (χ0v) is 18.6. The number of carbonyl (C=O) groups excluding carboxylic acids is 1. The topological polar surface area (TPSA) is 70.5 Å². The Bertz CT molecular complexity index is 989. The molecule has 162 valence electrons. The molecule has 1 saturated heterocycles. The van der Waals surface area contributed by atoms with Crippen LogP contribution >= 0.6 is 0 Å². The van der Waals surface area contributed by atoms with Gasteiger partial charge in [0.1, 0.15) is 0 Å². The molecule has 1 atom stereocenters. The van der Waals surface area contributed by atoms with Gasteiger partial charge in [0.05, 0.1) is 12.5 Å². The summed E-state index contributed by atoms with van der Waals surface area (Å²) in [6, 6.07) is 11.0. The van der Waals surface area contributed by atoms with Crippen LogP contribution in [0.4, 0.5) is 5.69 Å². The molecule has 0 aliphatic carbocycles. The summed E-state index contributed by atoms with van der Waals surface area (Å²) in [4.78, 5) is 29.8. The van der Waals surface area contributed by atoms with Gasteiger partial charge in [-0.15, -0.1) is 0 Å². The van der Waals surface area contributed by atoms with Crippen molar-refractivity contribution in [2.24, 2.45) is 0 Å². The van der Waals surface area contributed by atoms with E-state index < -0.39 is 11.9 Å². The number of benzene rings is 1. The normalized spacial score (nSPS) is 16.2. The minimum Gasteiger partial charge on any atom is -0.481 e. The zero-order valence-electron chi connectivity index (χ0n) is 18.6. The van der Waals surface area contributed by atoms with Crippen molar-refractivity contribution in [1.29, 1.82) is 0 Å². The molecule has 2 heterocycles. The van der Waals surface area contributed by atoms with E-state index in [1.54, 1.807) is 42.3 Å². The Morgan fingerprint density at radius 2 is 1.94 bits per heavy atom. The summed E-state index contributed by atoms with van der Waals surface area (Å²) in [5, 5.41) is 9.13. The third-order valence-corrected chi connectivity index (χ3v) is 5.14. The SMILES string of the molecule is C=C1CN(c2ccc(C(C)C(=O)O)cc2)C(=O)C1=CC/C=C(\C)c1cccnc1.CC. The molecule has 0 spiro atoms. The summed E-state index contributed by atoms with van der Waals surface area (Å²) in [7, 11) is 0. The van der Waals surface area contributed by atoms with Crippen LogP contribution in [0.15, 0.2) is 78.7 Å². The third kappa shape index (κ3) is 5.79. The fourth-order valence-corrected chi connectivity index (χ4v) is 3.24. The van der Waals surface area contributed by atoms with Crippen molar-refractivity contribution in [3.63, 3.8) is 0 Å².